The van der Waals surface area contributed by atoms with Crippen LogP contribution in [0.3, 0.4) is 0 Å². The van der Waals surface area contributed by atoms with E-state index in [4.69, 9.17) is 14.2 Å². The van der Waals surface area contributed by atoms with Crippen molar-refractivity contribution in [2.24, 2.45) is 0 Å². The van der Waals surface area contributed by atoms with Crippen molar-refractivity contribution in [1.29, 1.82) is 0 Å². The minimum absolute atomic E-state index is 0.0983. The molecule has 1 atom stereocenters. The van der Waals surface area contributed by atoms with Gasteiger partial charge >= 0.3 is 17.9 Å². The molecule has 0 aromatic carbocycles. The minimum atomic E-state index is -0.804. The van der Waals surface area contributed by atoms with Crippen LogP contribution in [0.4, 0.5) is 0 Å². The molecule has 0 bridgehead atoms. The highest BCUT2D eigenvalue weighted by atomic mass is 16.6. The van der Waals surface area contributed by atoms with Crippen LogP contribution in [0.5, 0.6) is 0 Å². The maximum Gasteiger partial charge on any atom is 0.306 e. The summed E-state index contributed by atoms with van der Waals surface area (Å²) in [5, 5.41) is 0. The van der Waals surface area contributed by atoms with Crippen molar-refractivity contribution in [2.75, 3.05) is 13.2 Å². The van der Waals surface area contributed by atoms with Gasteiger partial charge in [0.15, 0.2) is 6.10 Å². The summed E-state index contributed by atoms with van der Waals surface area (Å²) in [4.78, 5) is 38.4. The second kappa shape index (κ2) is 63.8. The minimum Gasteiger partial charge on any atom is -0.462 e. The largest absolute Gasteiger partial charge is 0.462 e. The van der Waals surface area contributed by atoms with Crippen molar-refractivity contribution in [3.05, 3.63) is 146 Å². The van der Waals surface area contributed by atoms with Crippen molar-refractivity contribution in [1.82, 2.24) is 0 Å². The molecule has 0 N–H and O–H groups in total. The van der Waals surface area contributed by atoms with Gasteiger partial charge in [0.25, 0.3) is 0 Å². The zero-order valence-corrected chi connectivity index (χ0v) is 49.7. The molecule has 77 heavy (non-hydrogen) atoms. The van der Waals surface area contributed by atoms with Gasteiger partial charge in [0, 0.05) is 19.3 Å². The molecule has 0 aliphatic heterocycles. The second-order valence-electron chi connectivity index (χ2n) is 20.2. The van der Waals surface area contributed by atoms with Gasteiger partial charge in [-0.2, -0.15) is 0 Å². The Morgan fingerprint density at radius 2 is 0.468 bits per heavy atom. The van der Waals surface area contributed by atoms with Crippen LogP contribution in [0.1, 0.15) is 265 Å². The van der Waals surface area contributed by atoms with Crippen molar-refractivity contribution in [3.8, 4) is 0 Å². The third-order valence-electron chi connectivity index (χ3n) is 12.8. The topological polar surface area (TPSA) is 78.9 Å². The molecule has 0 aromatic heterocycles. The smallest absolute Gasteiger partial charge is 0.306 e. The summed E-state index contributed by atoms with van der Waals surface area (Å²) in [6.45, 7) is 6.28. The lowest BCUT2D eigenvalue weighted by atomic mass is 10.1. The van der Waals surface area contributed by atoms with E-state index in [1.54, 1.807) is 0 Å². The molecule has 6 nitrogen and oxygen atoms in total. The van der Waals surface area contributed by atoms with Crippen LogP contribution in [-0.2, 0) is 28.6 Å². The van der Waals surface area contributed by atoms with Crippen LogP contribution in [0.15, 0.2) is 146 Å². The Balaban J connectivity index is 4.48. The van der Waals surface area contributed by atoms with E-state index in [1.807, 2.05) is 0 Å². The fourth-order valence-electron chi connectivity index (χ4n) is 8.24. The zero-order chi connectivity index (χ0) is 55.7. The van der Waals surface area contributed by atoms with Crippen LogP contribution in [-0.4, -0.2) is 37.2 Å². The molecule has 1 unspecified atom stereocenters. The van der Waals surface area contributed by atoms with E-state index in [0.29, 0.717) is 19.3 Å². The number of ether oxygens (including phenoxy) is 3. The van der Waals surface area contributed by atoms with Crippen LogP contribution in [0.2, 0.25) is 0 Å². The number of hydrogen-bond acceptors (Lipinski definition) is 6. The molecule has 0 aliphatic carbocycles. The molecule has 6 heteroatoms. The van der Waals surface area contributed by atoms with Crippen LogP contribution in [0, 0.1) is 0 Å². The average Bonchev–Trinajstić information content (AvgIpc) is 3.43. The number of esters is 3. The number of allylic oxidation sites excluding steroid dienone is 24. The number of carbonyl (C=O) groups excluding carboxylic acids is 3. The Labute approximate surface area is 474 Å². The predicted molar refractivity (Wildman–Crippen MR) is 334 cm³/mol. The summed E-state index contributed by atoms with van der Waals surface area (Å²) in [6.07, 6.45) is 91.2. The van der Waals surface area contributed by atoms with Gasteiger partial charge in [-0.15, -0.1) is 0 Å². The van der Waals surface area contributed by atoms with Crippen LogP contribution >= 0.6 is 0 Å². The standard InChI is InChI=1S/C71H114O6/c1-4-7-10-13-16-19-22-25-28-31-34-35-38-40-43-46-49-52-55-58-61-64-70(73)76-67-68(77-71(74)65-62-59-56-53-50-47-44-41-37-33-30-27-24-21-18-15-12-9-6-3)66-75-69(72)63-60-57-54-51-48-45-42-39-36-32-29-26-23-20-17-14-11-8-5-2/h7-12,16-21,25-30,34-37,39,41,68H,4-6,13-15,22-24,31-33,38,40,42-67H2,1-3H3/b10-7-,11-8-,12-9-,19-16-,20-17-,21-18-,28-25-,29-26-,30-27-,35-34-,39-36-,41-37-. The van der Waals surface area contributed by atoms with Gasteiger partial charge in [-0.05, 0) is 135 Å². The van der Waals surface area contributed by atoms with Gasteiger partial charge in [-0.25, -0.2) is 0 Å². The second-order valence-corrected chi connectivity index (χ2v) is 20.2. The Hall–Kier alpha value is -4.71. The Morgan fingerprint density at radius 3 is 0.727 bits per heavy atom. The monoisotopic (exact) mass is 1060 g/mol. The summed E-state index contributed by atoms with van der Waals surface area (Å²) < 4.78 is 16.9. The van der Waals surface area contributed by atoms with Crippen molar-refractivity contribution in [2.45, 2.75) is 271 Å². The molecule has 0 spiro atoms. The van der Waals surface area contributed by atoms with Gasteiger partial charge < -0.3 is 14.2 Å². The van der Waals surface area contributed by atoms with Gasteiger partial charge in [-0.1, -0.05) is 256 Å². The molecular formula is C71H114O6. The lowest BCUT2D eigenvalue weighted by Crippen LogP contribution is -2.30. The fraction of sp³-hybridized carbons (Fsp3) is 0.620. The Bertz CT molecular complexity index is 1700. The molecule has 0 saturated heterocycles. The molecule has 0 aromatic rings. The lowest BCUT2D eigenvalue weighted by molar-refractivity contribution is -0.167. The molecule has 0 saturated carbocycles. The van der Waals surface area contributed by atoms with Gasteiger partial charge in [-0.3, -0.25) is 14.4 Å². The van der Waals surface area contributed by atoms with E-state index in [9.17, 15) is 14.4 Å². The molecule has 0 rings (SSSR count). The van der Waals surface area contributed by atoms with E-state index >= 15 is 0 Å². The number of unbranched alkanes of at least 4 members (excludes halogenated alkanes) is 20. The third kappa shape index (κ3) is 62.0. The highest BCUT2D eigenvalue weighted by Gasteiger charge is 2.19. The van der Waals surface area contributed by atoms with Crippen LogP contribution in [0.25, 0.3) is 0 Å². The average molecular weight is 1060 g/mol. The van der Waals surface area contributed by atoms with Gasteiger partial charge in [0.05, 0.1) is 0 Å². The number of hydrogen-bond donors (Lipinski definition) is 0. The first-order valence-electron chi connectivity index (χ1n) is 31.3. The maximum absolute atomic E-state index is 12.9. The molecule has 0 heterocycles. The summed E-state index contributed by atoms with van der Waals surface area (Å²) in [7, 11) is 0. The SMILES string of the molecule is CC/C=C\C/C=C\C/C=C\C/C=C\CCCCCCCCCCC(=O)OCC(COC(=O)CCCCCCCC/C=C\C/C=C\C/C=C\C/C=C\CC)OC(=O)CCCCCCCC/C=C\C/C=C\C/C=C\C/C=C\CC. The molecule has 434 valence electrons. The van der Waals surface area contributed by atoms with Gasteiger partial charge in [0.1, 0.15) is 13.2 Å². The third-order valence-corrected chi connectivity index (χ3v) is 12.8. The van der Waals surface area contributed by atoms with E-state index in [2.05, 4.69) is 167 Å². The predicted octanol–water partition coefficient (Wildman–Crippen LogP) is 21.5. The van der Waals surface area contributed by atoms with E-state index in [-0.39, 0.29) is 31.1 Å². The maximum atomic E-state index is 12.9. The zero-order valence-electron chi connectivity index (χ0n) is 49.7. The van der Waals surface area contributed by atoms with Crippen molar-refractivity contribution in [3.63, 3.8) is 0 Å². The Morgan fingerprint density at radius 1 is 0.260 bits per heavy atom. The van der Waals surface area contributed by atoms with E-state index in [0.717, 1.165) is 167 Å². The quantitative estimate of drug-likeness (QED) is 0.0261. The molecule has 0 radical (unpaired) electrons. The normalized spacial score (nSPS) is 13.1. The number of carbonyl (C=O) groups is 3. The summed E-state index contributed by atoms with van der Waals surface area (Å²) in [6, 6.07) is 0. The first-order valence-corrected chi connectivity index (χ1v) is 31.3. The van der Waals surface area contributed by atoms with E-state index in [1.165, 1.54) is 57.8 Å². The van der Waals surface area contributed by atoms with Crippen molar-refractivity contribution < 1.29 is 28.6 Å². The summed E-state index contributed by atoms with van der Waals surface area (Å²) in [5.74, 6) is -0.934. The van der Waals surface area contributed by atoms with E-state index < -0.39 is 6.10 Å². The van der Waals surface area contributed by atoms with Crippen LogP contribution < -0.4 is 0 Å². The fourth-order valence-corrected chi connectivity index (χ4v) is 8.24. The molecular weight excluding hydrogens is 949 g/mol. The molecule has 0 fully saturated rings. The first-order chi connectivity index (χ1) is 38.0. The summed E-state index contributed by atoms with van der Waals surface area (Å²) in [5.41, 5.74) is 0. The highest BCUT2D eigenvalue weighted by molar-refractivity contribution is 5.71. The lowest BCUT2D eigenvalue weighted by Gasteiger charge is -2.18. The highest BCUT2D eigenvalue weighted by Crippen LogP contribution is 2.15. The van der Waals surface area contributed by atoms with Gasteiger partial charge in [0.2, 0.25) is 0 Å². The Kier molecular flexibility index (Phi) is 59.9. The summed E-state index contributed by atoms with van der Waals surface area (Å²) >= 11 is 0. The van der Waals surface area contributed by atoms with Crippen molar-refractivity contribution >= 4 is 17.9 Å². The molecule has 0 amide bonds. The first kappa shape index (κ1) is 72.3. The number of rotatable bonds is 55. The molecule has 0 aliphatic rings.